The summed E-state index contributed by atoms with van der Waals surface area (Å²) in [5.41, 5.74) is 1.45. The van der Waals surface area contributed by atoms with Crippen molar-refractivity contribution in [3.05, 3.63) is 64.9 Å². The first-order valence-corrected chi connectivity index (χ1v) is 12.4. The maximum atomic E-state index is 13.2. The van der Waals surface area contributed by atoms with Crippen molar-refractivity contribution >= 4 is 40.1 Å². The van der Waals surface area contributed by atoms with E-state index >= 15 is 0 Å². The van der Waals surface area contributed by atoms with Crippen LogP contribution in [-0.4, -0.2) is 69.8 Å². The van der Waals surface area contributed by atoms with E-state index in [4.69, 9.17) is 21.6 Å². The van der Waals surface area contributed by atoms with Gasteiger partial charge in [0.2, 0.25) is 5.91 Å². The van der Waals surface area contributed by atoms with Crippen LogP contribution >= 0.6 is 11.6 Å². The summed E-state index contributed by atoms with van der Waals surface area (Å²) in [6.07, 6.45) is 0. The number of amides is 2. The van der Waals surface area contributed by atoms with E-state index in [1.165, 1.54) is 0 Å². The molecule has 182 valence electrons. The topological polar surface area (TPSA) is 90.5 Å². The quantitative estimate of drug-likeness (QED) is 0.571. The molecule has 1 unspecified atom stereocenters. The van der Waals surface area contributed by atoms with E-state index in [9.17, 15) is 9.59 Å². The number of carbonyl (C=O) groups excluding carboxylic acids is 2. The highest BCUT2D eigenvalue weighted by Gasteiger charge is 2.33. The van der Waals surface area contributed by atoms with E-state index in [2.05, 4.69) is 15.5 Å². The van der Waals surface area contributed by atoms with Crippen LogP contribution < -0.4 is 10.6 Å². The molecule has 1 fully saturated rings. The van der Waals surface area contributed by atoms with Crippen LogP contribution in [0.15, 0.2) is 48.5 Å². The standard InChI is InChI=1S/C26H29ClN6O2/c1-16(2)23-25(34)28-13-19-14-33(26(35)17-7-9-18(27)10-8-17)12-11-32(19)15-22-29-21-6-4-3-5-20(21)24(30-22)31-23/h3-10,16,19,23H,11-15H2,1-2H3,(H,28,34)(H,29,30,31)/t19?,23-/m0/s1. The molecule has 5 rings (SSSR count). The Labute approximate surface area is 209 Å². The van der Waals surface area contributed by atoms with Gasteiger partial charge in [0, 0.05) is 48.2 Å². The molecule has 2 aliphatic rings. The zero-order valence-electron chi connectivity index (χ0n) is 19.9. The fourth-order valence-corrected chi connectivity index (χ4v) is 4.88. The van der Waals surface area contributed by atoms with Crippen molar-refractivity contribution < 1.29 is 9.59 Å². The summed E-state index contributed by atoms with van der Waals surface area (Å²) >= 11 is 5.99. The van der Waals surface area contributed by atoms with E-state index in [-0.39, 0.29) is 23.8 Å². The number of benzene rings is 2. The Morgan fingerprint density at radius 2 is 1.86 bits per heavy atom. The Morgan fingerprint density at radius 3 is 2.63 bits per heavy atom. The van der Waals surface area contributed by atoms with Crippen LogP contribution in [0.4, 0.5) is 5.82 Å². The van der Waals surface area contributed by atoms with Crippen LogP contribution in [0, 0.1) is 5.92 Å². The Morgan fingerprint density at radius 1 is 1.09 bits per heavy atom. The average molecular weight is 493 g/mol. The van der Waals surface area contributed by atoms with Crippen molar-refractivity contribution in [2.75, 3.05) is 31.5 Å². The Balaban J connectivity index is 1.46. The number of nitrogens with one attached hydrogen (secondary N) is 2. The van der Waals surface area contributed by atoms with Gasteiger partial charge in [0.15, 0.2) is 0 Å². The Hall–Kier alpha value is -3.23. The van der Waals surface area contributed by atoms with E-state index in [1.54, 1.807) is 24.3 Å². The monoisotopic (exact) mass is 492 g/mol. The lowest BCUT2D eigenvalue weighted by molar-refractivity contribution is -0.123. The third kappa shape index (κ3) is 4.94. The molecule has 9 heteroatoms. The van der Waals surface area contributed by atoms with Gasteiger partial charge in [-0.05, 0) is 42.3 Å². The molecule has 8 nitrogen and oxygen atoms in total. The summed E-state index contributed by atoms with van der Waals surface area (Å²) < 4.78 is 0. The molecule has 2 bridgehead atoms. The lowest BCUT2D eigenvalue weighted by Crippen LogP contribution is -2.58. The molecule has 2 aromatic carbocycles. The molecule has 2 aliphatic heterocycles. The van der Waals surface area contributed by atoms with Gasteiger partial charge in [0.1, 0.15) is 17.7 Å². The van der Waals surface area contributed by atoms with Gasteiger partial charge in [0.25, 0.3) is 5.91 Å². The molecule has 2 atom stereocenters. The molecule has 2 N–H and O–H groups in total. The molecule has 1 saturated heterocycles. The van der Waals surface area contributed by atoms with Gasteiger partial charge in [0.05, 0.1) is 12.1 Å². The van der Waals surface area contributed by atoms with Crippen LogP contribution in [0.2, 0.25) is 5.02 Å². The van der Waals surface area contributed by atoms with Gasteiger partial charge in [-0.2, -0.15) is 0 Å². The highest BCUT2D eigenvalue weighted by Crippen LogP contribution is 2.24. The van der Waals surface area contributed by atoms with Crippen LogP contribution in [0.5, 0.6) is 0 Å². The van der Waals surface area contributed by atoms with Crippen molar-refractivity contribution in [3.63, 3.8) is 0 Å². The maximum Gasteiger partial charge on any atom is 0.253 e. The van der Waals surface area contributed by atoms with Crippen LogP contribution in [0.1, 0.15) is 30.0 Å². The molecule has 1 aromatic heterocycles. The Kier molecular flexibility index (Phi) is 6.58. The van der Waals surface area contributed by atoms with Crippen molar-refractivity contribution in [2.24, 2.45) is 5.92 Å². The summed E-state index contributed by atoms with van der Waals surface area (Å²) in [7, 11) is 0. The second kappa shape index (κ2) is 9.79. The number of para-hydroxylation sites is 1. The van der Waals surface area contributed by atoms with Crippen molar-refractivity contribution in [1.82, 2.24) is 25.1 Å². The fourth-order valence-electron chi connectivity index (χ4n) is 4.75. The van der Waals surface area contributed by atoms with Gasteiger partial charge in [-0.1, -0.05) is 37.6 Å². The van der Waals surface area contributed by atoms with E-state index in [0.29, 0.717) is 55.0 Å². The second-order valence-electron chi connectivity index (χ2n) is 9.50. The first-order valence-electron chi connectivity index (χ1n) is 12.0. The summed E-state index contributed by atoms with van der Waals surface area (Å²) in [4.78, 5) is 40.1. The Bertz CT molecular complexity index is 1250. The number of fused-ring (bicyclic) bond motifs is 5. The van der Waals surface area contributed by atoms with Crippen molar-refractivity contribution in [3.8, 4) is 0 Å². The zero-order valence-corrected chi connectivity index (χ0v) is 20.6. The number of hydrogen-bond donors (Lipinski definition) is 2. The van der Waals surface area contributed by atoms with Gasteiger partial charge >= 0.3 is 0 Å². The zero-order chi connectivity index (χ0) is 24.5. The van der Waals surface area contributed by atoms with Gasteiger partial charge in [-0.15, -0.1) is 0 Å². The summed E-state index contributed by atoms with van der Waals surface area (Å²) in [5, 5.41) is 8.00. The number of piperazine rings is 1. The summed E-state index contributed by atoms with van der Waals surface area (Å²) in [6.45, 7) is 6.74. The van der Waals surface area contributed by atoms with Crippen LogP contribution in [0.3, 0.4) is 0 Å². The van der Waals surface area contributed by atoms with E-state index in [1.807, 2.05) is 43.0 Å². The predicted molar refractivity (Wildman–Crippen MR) is 136 cm³/mol. The summed E-state index contributed by atoms with van der Waals surface area (Å²) in [5.74, 6) is 1.32. The highest BCUT2D eigenvalue weighted by molar-refractivity contribution is 6.30. The van der Waals surface area contributed by atoms with Gasteiger partial charge in [-0.3, -0.25) is 14.5 Å². The third-order valence-electron chi connectivity index (χ3n) is 6.73. The molecule has 35 heavy (non-hydrogen) atoms. The first-order chi connectivity index (χ1) is 16.9. The molecular weight excluding hydrogens is 464 g/mol. The molecule has 0 aliphatic carbocycles. The van der Waals surface area contributed by atoms with Crippen molar-refractivity contribution in [2.45, 2.75) is 32.5 Å². The minimum Gasteiger partial charge on any atom is -0.358 e. The highest BCUT2D eigenvalue weighted by atomic mass is 35.5. The number of halogens is 1. The number of nitrogens with zero attached hydrogens (tertiary/aromatic N) is 4. The SMILES string of the molecule is CC(C)[C@@H]1Nc2nc(nc3ccccc23)CN2CCN(C(=O)c3ccc(Cl)cc3)CC2CNC1=O. The first kappa shape index (κ1) is 23.5. The normalized spacial score (nSPS) is 21.1. The second-order valence-corrected chi connectivity index (χ2v) is 9.94. The van der Waals surface area contributed by atoms with Gasteiger partial charge in [-0.25, -0.2) is 9.97 Å². The third-order valence-corrected chi connectivity index (χ3v) is 6.98. The fraction of sp³-hybridized carbons (Fsp3) is 0.385. The summed E-state index contributed by atoms with van der Waals surface area (Å²) in [6, 6.07) is 14.3. The maximum absolute atomic E-state index is 13.2. The smallest absolute Gasteiger partial charge is 0.253 e. The van der Waals surface area contributed by atoms with E-state index in [0.717, 1.165) is 10.9 Å². The van der Waals surface area contributed by atoms with Crippen LogP contribution in [0.25, 0.3) is 10.9 Å². The molecule has 0 radical (unpaired) electrons. The lowest BCUT2D eigenvalue weighted by atomic mass is 10.0. The molecule has 0 saturated carbocycles. The number of aromatic nitrogens is 2. The molecule has 2 amide bonds. The number of rotatable bonds is 2. The van der Waals surface area contributed by atoms with Crippen molar-refractivity contribution in [1.29, 1.82) is 0 Å². The molecule has 3 heterocycles. The predicted octanol–water partition coefficient (Wildman–Crippen LogP) is 3.18. The molecular formula is C26H29ClN6O2. The number of anilines is 1. The lowest BCUT2D eigenvalue weighted by Gasteiger charge is -2.41. The molecule has 0 spiro atoms. The minimum absolute atomic E-state index is 0.0343. The van der Waals surface area contributed by atoms with Gasteiger partial charge < -0.3 is 15.5 Å². The number of carbonyl (C=O) groups is 2. The largest absolute Gasteiger partial charge is 0.358 e. The van der Waals surface area contributed by atoms with E-state index < -0.39 is 6.04 Å². The molecule has 3 aromatic rings. The van der Waals surface area contributed by atoms with Crippen LogP contribution in [-0.2, 0) is 11.3 Å². The number of hydrogen-bond acceptors (Lipinski definition) is 6. The average Bonchev–Trinajstić information content (AvgIpc) is 2.87. The minimum atomic E-state index is -0.442.